The van der Waals surface area contributed by atoms with Crippen LogP contribution in [0.3, 0.4) is 0 Å². The van der Waals surface area contributed by atoms with Crippen molar-refractivity contribution < 1.29 is 4.74 Å². The zero-order valence-corrected chi connectivity index (χ0v) is 13.6. The summed E-state index contributed by atoms with van der Waals surface area (Å²) in [7, 11) is 0. The van der Waals surface area contributed by atoms with Gasteiger partial charge in [0.25, 0.3) is 0 Å². The standard InChI is InChI=1S/C15H19ClN2OS/c1-9-6-10(8-15(2,3)7-9)19-12-11-4-5-20-13(11)18-14(16)17-12/h4-5,9-10H,6-8H2,1-3H3. The first-order chi connectivity index (χ1) is 9.43. The molecule has 20 heavy (non-hydrogen) atoms. The number of ether oxygens (including phenoxy) is 1. The fourth-order valence-electron chi connectivity index (χ4n) is 3.40. The second-order valence-corrected chi connectivity index (χ2v) is 7.82. The zero-order chi connectivity index (χ0) is 14.3. The molecule has 5 heteroatoms. The molecule has 108 valence electrons. The van der Waals surface area contributed by atoms with E-state index in [9.17, 15) is 0 Å². The molecule has 1 saturated carbocycles. The van der Waals surface area contributed by atoms with Gasteiger partial charge in [-0.3, -0.25) is 0 Å². The molecule has 0 aliphatic heterocycles. The number of fused-ring (bicyclic) bond motifs is 1. The molecule has 2 atom stereocenters. The highest BCUT2D eigenvalue weighted by Crippen LogP contribution is 2.40. The normalized spacial score (nSPS) is 25.8. The maximum absolute atomic E-state index is 6.18. The van der Waals surface area contributed by atoms with Gasteiger partial charge in [0, 0.05) is 0 Å². The quantitative estimate of drug-likeness (QED) is 0.737. The largest absolute Gasteiger partial charge is 0.474 e. The van der Waals surface area contributed by atoms with Gasteiger partial charge in [0.05, 0.1) is 5.39 Å². The smallest absolute Gasteiger partial charge is 0.227 e. The maximum atomic E-state index is 6.18. The molecule has 0 bridgehead atoms. The van der Waals surface area contributed by atoms with Crippen LogP contribution in [0.4, 0.5) is 0 Å². The number of thiophene rings is 1. The number of hydrogen-bond acceptors (Lipinski definition) is 4. The lowest BCUT2D eigenvalue weighted by atomic mass is 9.71. The molecule has 0 saturated heterocycles. The van der Waals surface area contributed by atoms with Gasteiger partial charge in [-0.1, -0.05) is 20.8 Å². The van der Waals surface area contributed by atoms with Crippen molar-refractivity contribution in [2.75, 3.05) is 0 Å². The van der Waals surface area contributed by atoms with Crippen molar-refractivity contribution in [2.24, 2.45) is 11.3 Å². The molecule has 1 aliphatic rings. The van der Waals surface area contributed by atoms with Crippen LogP contribution in [0.2, 0.25) is 5.28 Å². The number of nitrogens with zero attached hydrogens (tertiary/aromatic N) is 2. The molecule has 0 amide bonds. The summed E-state index contributed by atoms with van der Waals surface area (Å²) in [6.07, 6.45) is 3.61. The summed E-state index contributed by atoms with van der Waals surface area (Å²) in [5.74, 6) is 1.31. The Morgan fingerprint density at radius 3 is 2.90 bits per heavy atom. The topological polar surface area (TPSA) is 35.0 Å². The molecule has 3 nitrogen and oxygen atoms in total. The van der Waals surface area contributed by atoms with Crippen LogP contribution >= 0.6 is 22.9 Å². The van der Waals surface area contributed by atoms with Gasteiger partial charge in [0.2, 0.25) is 11.2 Å². The summed E-state index contributed by atoms with van der Waals surface area (Å²) in [4.78, 5) is 9.40. The molecule has 0 N–H and O–H groups in total. The van der Waals surface area contributed by atoms with Crippen molar-refractivity contribution in [1.29, 1.82) is 0 Å². The SMILES string of the molecule is CC1CC(Oc2nc(Cl)nc3sccc23)CC(C)(C)C1. The second-order valence-electron chi connectivity index (χ2n) is 6.59. The van der Waals surface area contributed by atoms with Crippen LogP contribution in [-0.4, -0.2) is 16.1 Å². The Morgan fingerprint density at radius 1 is 1.35 bits per heavy atom. The van der Waals surface area contributed by atoms with Gasteiger partial charge in [0.15, 0.2) is 0 Å². The van der Waals surface area contributed by atoms with Gasteiger partial charge in [-0.2, -0.15) is 4.98 Å². The molecule has 2 aromatic rings. The lowest BCUT2D eigenvalue weighted by molar-refractivity contribution is 0.0543. The van der Waals surface area contributed by atoms with Crippen LogP contribution < -0.4 is 4.74 Å². The van der Waals surface area contributed by atoms with Crippen molar-refractivity contribution in [3.8, 4) is 5.88 Å². The first-order valence-corrected chi connectivity index (χ1v) is 8.26. The van der Waals surface area contributed by atoms with Crippen molar-refractivity contribution in [3.63, 3.8) is 0 Å². The third-order valence-corrected chi connectivity index (χ3v) is 4.86. The van der Waals surface area contributed by atoms with Crippen molar-refractivity contribution in [3.05, 3.63) is 16.7 Å². The zero-order valence-electron chi connectivity index (χ0n) is 12.0. The predicted molar refractivity (Wildman–Crippen MR) is 83.6 cm³/mol. The van der Waals surface area contributed by atoms with E-state index in [-0.39, 0.29) is 11.4 Å². The first kappa shape index (κ1) is 14.1. The lowest BCUT2D eigenvalue weighted by Crippen LogP contribution is -2.34. The number of hydrogen-bond donors (Lipinski definition) is 0. The van der Waals surface area contributed by atoms with Crippen molar-refractivity contribution in [1.82, 2.24) is 9.97 Å². The monoisotopic (exact) mass is 310 g/mol. The van der Waals surface area contributed by atoms with Gasteiger partial charge in [0.1, 0.15) is 10.9 Å². The second kappa shape index (κ2) is 5.15. The molecule has 1 fully saturated rings. The fraction of sp³-hybridized carbons (Fsp3) is 0.600. The molecular formula is C15H19ClN2OS. The molecule has 0 radical (unpaired) electrons. The molecule has 0 spiro atoms. The number of aromatic nitrogens is 2. The van der Waals surface area contributed by atoms with Crippen LogP contribution in [0.5, 0.6) is 5.88 Å². The minimum absolute atomic E-state index is 0.211. The molecule has 2 unspecified atom stereocenters. The Balaban J connectivity index is 1.87. The molecule has 3 rings (SSSR count). The van der Waals surface area contributed by atoms with Crippen LogP contribution in [0, 0.1) is 11.3 Å². The average molecular weight is 311 g/mol. The summed E-state index contributed by atoms with van der Waals surface area (Å²) in [6, 6.07) is 2.00. The predicted octanol–water partition coefficient (Wildman–Crippen LogP) is 4.94. The minimum atomic E-state index is 0.211. The highest BCUT2D eigenvalue weighted by atomic mass is 35.5. The van der Waals surface area contributed by atoms with Crippen LogP contribution in [0.1, 0.15) is 40.0 Å². The van der Waals surface area contributed by atoms with Crippen molar-refractivity contribution in [2.45, 2.75) is 46.1 Å². The molecule has 0 aromatic carbocycles. The molecule has 1 aliphatic carbocycles. The summed E-state index contributed by atoms with van der Waals surface area (Å²) < 4.78 is 6.18. The third-order valence-electron chi connectivity index (χ3n) is 3.89. The Kier molecular flexibility index (Phi) is 3.63. The number of rotatable bonds is 2. The first-order valence-electron chi connectivity index (χ1n) is 7.00. The van der Waals surface area contributed by atoms with E-state index in [4.69, 9.17) is 16.3 Å². The Hall–Kier alpha value is -0.870. The van der Waals surface area contributed by atoms with E-state index in [1.807, 2.05) is 11.4 Å². The molecule has 2 heterocycles. The van der Waals surface area contributed by atoms with Crippen LogP contribution in [0.15, 0.2) is 11.4 Å². The van der Waals surface area contributed by atoms with E-state index >= 15 is 0 Å². The summed E-state index contributed by atoms with van der Waals surface area (Å²) in [5.41, 5.74) is 0.326. The molecule has 2 aromatic heterocycles. The van der Waals surface area contributed by atoms with Gasteiger partial charge in [-0.15, -0.1) is 11.3 Å². The van der Waals surface area contributed by atoms with Gasteiger partial charge in [-0.05, 0) is 53.6 Å². The minimum Gasteiger partial charge on any atom is -0.474 e. The third kappa shape index (κ3) is 2.91. The fourth-order valence-corrected chi connectivity index (χ4v) is 4.37. The lowest BCUT2D eigenvalue weighted by Gasteiger charge is -2.38. The Bertz CT molecular complexity index is 625. The van der Waals surface area contributed by atoms with Crippen LogP contribution in [-0.2, 0) is 0 Å². The van der Waals surface area contributed by atoms with Crippen LogP contribution in [0.25, 0.3) is 10.2 Å². The van der Waals surface area contributed by atoms with E-state index < -0.39 is 0 Å². The summed E-state index contributed by atoms with van der Waals surface area (Å²) in [5, 5.41) is 3.23. The van der Waals surface area contributed by atoms with Gasteiger partial charge < -0.3 is 4.74 Å². The van der Waals surface area contributed by atoms with E-state index in [0.29, 0.717) is 17.2 Å². The maximum Gasteiger partial charge on any atom is 0.227 e. The Labute approximate surface area is 128 Å². The number of halogens is 1. The van der Waals surface area contributed by atoms with E-state index in [1.54, 1.807) is 11.3 Å². The van der Waals surface area contributed by atoms with Gasteiger partial charge in [-0.25, -0.2) is 4.98 Å². The average Bonchev–Trinajstić information content (AvgIpc) is 2.73. The van der Waals surface area contributed by atoms with Crippen molar-refractivity contribution >= 4 is 33.2 Å². The molecular weight excluding hydrogens is 292 g/mol. The Morgan fingerprint density at radius 2 is 2.15 bits per heavy atom. The van der Waals surface area contributed by atoms with E-state index in [0.717, 1.165) is 23.1 Å². The van der Waals surface area contributed by atoms with E-state index in [2.05, 4.69) is 30.7 Å². The van der Waals surface area contributed by atoms with E-state index in [1.165, 1.54) is 6.42 Å². The van der Waals surface area contributed by atoms with Gasteiger partial charge >= 0.3 is 0 Å². The highest BCUT2D eigenvalue weighted by Gasteiger charge is 2.33. The summed E-state index contributed by atoms with van der Waals surface area (Å²) in [6.45, 7) is 6.92. The highest BCUT2D eigenvalue weighted by molar-refractivity contribution is 7.16. The summed E-state index contributed by atoms with van der Waals surface area (Å²) >= 11 is 7.55.